The summed E-state index contributed by atoms with van der Waals surface area (Å²) in [6, 6.07) is 12.6. The van der Waals surface area contributed by atoms with Crippen LogP contribution in [0.3, 0.4) is 0 Å². The van der Waals surface area contributed by atoms with Crippen LogP contribution in [0.2, 0.25) is 5.02 Å². The molecule has 1 saturated heterocycles. The van der Waals surface area contributed by atoms with Crippen molar-refractivity contribution in [1.29, 1.82) is 0 Å². The largest absolute Gasteiger partial charge is 0.416 e. The van der Waals surface area contributed by atoms with Crippen molar-refractivity contribution < 1.29 is 22.6 Å². The smallest absolute Gasteiger partial charge is 0.349 e. The third kappa shape index (κ3) is 4.52. The fourth-order valence-corrected chi connectivity index (χ4v) is 2.87. The van der Waals surface area contributed by atoms with Gasteiger partial charge >= 0.3 is 6.18 Å². The zero-order chi connectivity index (χ0) is 17.9. The first-order chi connectivity index (χ1) is 11.9. The van der Waals surface area contributed by atoms with Gasteiger partial charge in [0.1, 0.15) is 0 Å². The van der Waals surface area contributed by atoms with Crippen LogP contribution in [-0.2, 0) is 22.3 Å². The molecule has 0 bridgehead atoms. The normalized spacial score (nSPS) is 21.3. The molecule has 0 aliphatic carbocycles. The molecular formula is C18H17ClF3NO2. The van der Waals surface area contributed by atoms with Crippen molar-refractivity contribution in [2.75, 3.05) is 13.2 Å². The second-order valence-corrected chi connectivity index (χ2v) is 6.10. The Morgan fingerprint density at radius 1 is 1.16 bits per heavy atom. The molecule has 3 rings (SSSR count). The molecule has 1 fully saturated rings. The number of alkyl halides is 3. The third-order valence-corrected chi connectivity index (χ3v) is 4.32. The quantitative estimate of drug-likeness (QED) is 0.854. The molecule has 0 saturated carbocycles. The highest BCUT2D eigenvalue weighted by atomic mass is 35.5. The van der Waals surface area contributed by atoms with Crippen molar-refractivity contribution >= 4 is 11.6 Å². The summed E-state index contributed by atoms with van der Waals surface area (Å²) in [6.45, 7) is 1.06. The molecule has 1 N–H and O–H groups in total. The minimum absolute atomic E-state index is 0.0710. The van der Waals surface area contributed by atoms with Crippen LogP contribution < -0.4 is 5.32 Å². The summed E-state index contributed by atoms with van der Waals surface area (Å²) in [7, 11) is 0. The van der Waals surface area contributed by atoms with Crippen molar-refractivity contribution in [3.63, 3.8) is 0 Å². The van der Waals surface area contributed by atoms with Crippen molar-refractivity contribution in [3.05, 3.63) is 70.2 Å². The molecule has 7 heteroatoms. The average Bonchev–Trinajstić information content (AvgIpc) is 2.61. The van der Waals surface area contributed by atoms with Crippen molar-refractivity contribution in [1.82, 2.24) is 5.32 Å². The van der Waals surface area contributed by atoms with Gasteiger partial charge in [-0.05, 0) is 29.3 Å². The van der Waals surface area contributed by atoms with Gasteiger partial charge in [-0.2, -0.15) is 13.2 Å². The number of hydrogen-bond donors (Lipinski definition) is 1. The molecular weight excluding hydrogens is 355 g/mol. The summed E-state index contributed by atoms with van der Waals surface area (Å²) >= 11 is 6.01. The molecule has 2 aromatic rings. The minimum Gasteiger partial charge on any atom is -0.349 e. The molecule has 0 unspecified atom stereocenters. The van der Waals surface area contributed by atoms with Crippen LogP contribution in [0.1, 0.15) is 22.7 Å². The summed E-state index contributed by atoms with van der Waals surface area (Å²) in [5, 5.41) is 3.54. The zero-order valence-corrected chi connectivity index (χ0v) is 14.0. The van der Waals surface area contributed by atoms with Gasteiger partial charge in [-0.15, -0.1) is 0 Å². The lowest BCUT2D eigenvalue weighted by atomic mass is 10.1. The number of halogens is 4. The van der Waals surface area contributed by atoms with Crippen LogP contribution in [0.4, 0.5) is 13.2 Å². The second kappa shape index (κ2) is 7.74. The van der Waals surface area contributed by atoms with E-state index in [2.05, 4.69) is 5.32 Å². The van der Waals surface area contributed by atoms with E-state index in [0.29, 0.717) is 13.2 Å². The first-order valence-electron chi connectivity index (χ1n) is 7.82. The molecule has 25 heavy (non-hydrogen) atoms. The van der Waals surface area contributed by atoms with Crippen LogP contribution in [0.5, 0.6) is 0 Å². The molecule has 1 heterocycles. The van der Waals surface area contributed by atoms with Crippen LogP contribution in [0.15, 0.2) is 48.5 Å². The number of nitrogens with one attached hydrogen (secondary N) is 1. The van der Waals surface area contributed by atoms with E-state index in [1.165, 1.54) is 6.07 Å². The molecule has 0 aromatic heterocycles. The fraction of sp³-hybridized carbons (Fsp3) is 0.333. The predicted molar refractivity (Wildman–Crippen MR) is 88.2 cm³/mol. The number of ether oxygens (including phenoxy) is 2. The Balaban J connectivity index is 1.73. The second-order valence-electron chi connectivity index (χ2n) is 5.70. The molecule has 1 aliphatic rings. The maximum Gasteiger partial charge on any atom is 0.416 e. The van der Waals surface area contributed by atoms with E-state index in [1.807, 2.05) is 30.3 Å². The van der Waals surface area contributed by atoms with Gasteiger partial charge in [0.05, 0.1) is 24.8 Å². The fourth-order valence-electron chi connectivity index (χ4n) is 2.70. The minimum atomic E-state index is -4.42. The number of morpholine rings is 1. The maximum absolute atomic E-state index is 12.9. The Hall–Kier alpha value is -1.60. The van der Waals surface area contributed by atoms with E-state index in [9.17, 15) is 13.2 Å². The SMILES string of the molecule is FC(F)(F)c1ccc(Cl)c(CO[C@H]2OCCN[C@H]2c2ccccc2)c1. The number of rotatable bonds is 4. The molecule has 1 aliphatic heterocycles. The lowest BCUT2D eigenvalue weighted by Crippen LogP contribution is -2.43. The van der Waals surface area contributed by atoms with E-state index in [1.54, 1.807) is 0 Å². The van der Waals surface area contributed by atoms with Gasteiger partial charge in [0, 0.05) is 11.6 Å². The number of hydrogen-bond acceptors (Lipinski definition) is 3. The van der Waals surface area contributed by atoms with Gasteiger partial charge in [0.25, 0.3) is 0 Å². The molecule has 134 valence electrons. The van der Waals surface area contributed by atoms with Crippen LogP contribution in [-0.4, -0.2) is 19.4 Å². The standard InChI is InChI=1S/C18H17ClF3NO2/c19-15-7-6-14(18(20,21)22)10-13(15)11-25-17-16(23-8-9-24-17)12-4-2-1-3-5-12/h1-7,10,16-17,23H,8-9,11H2/t16-,17+/m0/s1. The van der Waals surface area contributed by atoms with Gasteiger partial charge < -0.3 is 14.8 Å². The van der Waals surface area contributed by atoms with Crippen molar-refractivity contribution in [2.45, 2.75) is 25.1 Å². The van der Waals surface area contributed by atoms with Gasteiger partial charge in [-0.3, -0.25) is 0 Å². The molecule has 3 nitrogen and oxygen atoms in total. The summed E-state index contributed by atoms with van der Waals surface area (Å²) in [4.78, 5) is 0. The topological polar surface area (TPSA) is 30.5 Å². The van der Waals surface area contributed by atoms with E-state index in [4.69, 9.17) is 21.1 Å². The summed E-state index contributed by atoms with van der Waals surface area (Å²) in [5.41, 5.74) is 0.512. The Bertz CT molecular complexity index is 709. The molecule has 2 atom stereocenters. The Kier molecular flexibility index (Phi) is 5.64. The Labute approximate surface area is 148 Å². The van der Waals surface area contributed by atoms with Gasteiger partial charge in [0.2, 0.25) is 0 Å². The molecule has 0 radical (unpaired) electrons. The zero-order valence-electron chi connectivity index (χ0n) is 13.2. The lowest BCUT2D eigenvalue weighted by Gasteiger charge is -2.33. The Morgan fingerprint density at radius 3 is 2.64 bits per heavy atom. The summed E-state index contributed by atoms with van der Waals surface area (Å²) in [6.07, 6.45) is -5.03. The summed E-state index contributed by atoms with van der Waals surface area (Å²) < 4.78 is 50.0. The van der Waals surface area contributed by atoms with Crippen LogP contribution in [0, 0.1) is 0 Å². The highest BCUT2D eigenvalue weighted by molar-refractivity contribution is 6.31. The van der Waals surface area contributed by atoms with E-state index >= 15 is 0 Å². The molecule has 0 spiro atoms. The monoisotopic (exact) mass is 371 g/mol. The van der Waals surface area contributed by atoms with Gasteiger partial charge in [0.15, 0.2) is 6.29 Å². The van der Waals surface area contributed by atoms with Gasteiger partial charge in [-0.1, -0.05) is 41.9 Å². The third-order valence-electron chi connectivity index (χ3n) is 3.96. The Morgan fingerprint density at radius 2 is 1.92 bits per heavy atom. The maximum atomic E-state index is 12.9. The van der Waals surface area contributed by atoms with Crippen LogP contribution >= 0.6 is 11.6 Å². The average molecular weight is 372 g/mol. The first kappa shape index (κ1) is 18.2. The lowest BCUT2D eigenvalue weighted by molar-refractivity contribution is -0.183. The molecule has 0 amide bonds. The van der Waals surface area contributed by atoms with Gasteiger partial charge in [-0.25, -0.2) is 0 Å². The van der Waals surface area contributed by atoms with E-state index < -0.39 is 18.0 Å². The van der Waals surface area contributed by atoms with E-state index in [0.717, 1.165) is 17.7 Å². The van der Waals surface area contributed by atoms with E-state index in [-0.39, 0.29) is 23.2 Å². The highest BCUT2D eigenvalue weighted by Gasteiger charge is 2.32. The highest BCUT2D eigenvalue weighted by Crippen LogP contribution is 2.32. The summed E-state index contributed by atoms with van der Waals surface area (Å²) in [5.74, 6) is 0. The predicted octanol–water partition coefficient (Wildman–Crippen LogP) is 4.56. The van der Waals surface area contributed by atoms with Crippen LogP contribution in [0.25, 0.3) is 0 Å². The molecule has 2 aromatic carbocycles. The number of benzene rings is 2. The first-order valence-corrected chi connectivity index (χ1v) is 8.20. The van der Waals surface area contributed by atoms with Crippen molar-refractivity contribution in [3.8, 4) is 0 Å². The van der Waals surface area contributed by atoms with Crippen molar-refractivity contribution in [2.24, 2.45) is 0 Å².